The van der Waals surface area contributed by atoms with Gasteiger partial charge in [-0.05, 0) is 45.0 Å². The second-order valence-corrected chi connectivity index (χ2v) is 8.11. The average Bonchev–Trinajstić information content (AvgIpc) is 3.30. The predicted molar refractivity (Wildman–Crippen MR) is 122 cm³/mol. The first-order valence-electron chi connectivity index (χ1n) is 10.0. The molecule has 0 aliphatic carbocycles. The van der Waals surface area contributed by atoms with Crippen LogP contribution in [0.25, 0.3) is 11.4 Å². The first-order valence-corrected chi connectivity index (χ1v) is 11.0. The molecular weight excluding hydrogens is 408 g/mol. The van der Waals surface area contributed by atoms with Crippen LogP contribution in [-0.4, -0.2) is 36.2 Å². The molecule has 31 heavy (non-hydrogen) atoms. The molecule has 0 aliphatic heterocycles. The SMILES string of the molecule is Cc1nn(-c2ccccc2)c(C)c1CNC(=O)CSc1nnc(C)n1-c1ccccc1. The van der Waals surface area contributed by atoms with Crippen LogP contribution in [-0.2, 0) is 11.3 Å². The maximum absolute atomic E-state index is 12.5. The number of nitrogens with one attached hydrogen (secondary N) is 1. The van der Waals surface area contributed by atoms with Crippen molar-refractivity contribution in [2.45, 2.75) is 32.5 Å². The minimum Gasteiger partial charge on any atom is -0.351 e. The van der Waals surface area contributed by atoms with Crippen molar-refractivity contribution in [1.82, 2.24) is 29.9 Å². The van der Waals surface area contributed by atoms with Crippen molar-refractivity contribution >= 4 is 17.7 Å². The van der Waals surface area contributed by atoms with Gasteiger partial charge in [-0.25, -0.2) is 4.68 Å². The summed E-state index contributed by atoms with van der Waals surface area (Å²) in [7, 11) is 0. The van der Waals surface area contributed by atoms with Gasteiger partial charge in [-0.15, -0.1) is 10.2 Å². The third-order valence-electron chi connectivity index (χ3n) is 5.05. The normalized spacial score (nSPS) is 10.9. The molecule has 0 saturated heterocycles. The van der Waals surface area contributed by atoms with Gasteiger partial charge in [0, 0.05) is 23.5 Å². The van der Waals surface area contributed by atoms with Crippen LogP contribution in [0, 0.1) is 20.8 Å². The van der Waals surface area contributed by atoms with Gasteiger partial charge in [0.2, 0.25) is 5.91 Å². The molecule has 2 aromatic carbocycles. The zero-order valence-electron chi connectivity index (χ0n) is 17.7. The molecule has 1 amide bonds. The summed E-state index contributed by atoms with van der Waals surface area (Å²) in [6.45, 7) is 6.33. The lowest BCUT2D eigenvalue weighted by Gasteiger charge is -2.09. The van der Waals surface area contributed by atoms with Crippen molar-refractivity contribution in [1.29, 1.82) is 0 Å². The summed E-state index contributed by atoms with van der Waals surface area (Å²) in [4.78, 5) is 12.5. The molecule has 0 atom stereocenters. The van der Waals surface area contributed by atoms with E-state index in [0.717, 1.165) is 34.2 Å². The van der Waals surface area contributed by atoms with E-state index in [1.807, 2.05) is 90.7 Å². The Kier molecular flexibility index (Phi) is 6.18. The van der Waals surface area contributed by atoms with Gasteiger partial charge >= 0.3 is 0 Å². The molecule has 0 aliphatic rings. The number of thioether (sulfide) groups is 1. The molecule has 4 rings (SSSR count). The van der Waals surface area contributed by atoms with Gasteiger partial charge in [0.1, 0.15) is 5.82 Å². The van der Waals surface area contributed by atoms with Gasteiger partial charge in [-0.1, -0.05) is 48.2 Å². The lowest BCUT2D eigenvalue weighted by molar-refractivity contribution is -0.118. The quantitative estimate of drug-likeness (QED) is 0.450. The van der Waals surface area contributed by atoms with Gasteiger partial charge in [-0.2, -0.15) is 5.10 Å². The van der Waals surface area contributed by atoms with E-state index in [9.17, 15) is 4.79 Å². The number of benzene rings is 2. The van der Waals surface area contributed by atoms with Gasteiger partial charge < -0.3 is 5.32 Å². The molecule has 0 unspecified atom stereocenters. The first kappa shape index (κ1) is 20.9. The van der Waals surface area contributed by atoms with Gasteiger partial charge in [-0.3, -0.25) is 9.36 Å². The average molecular weight is 433 g/mol. The summed E-state index contributed by atoms with van der Waals surface area (Å²) in [6, 6.07) is 19.9. The molecule has 1 N–H and O–H groups in total. The Balaban J connectivity index is 1.40. The fourth-order valence-electron chi connectivity index (χ4n) is 3.43. The standard InChI is InChI=1S/C23H24N6OS/c1-16-21(17(2)29(27-16)20-12-8-5-9-13-20)14-24-22(30)15-31-23-26-25-18(3)28(23)19-10-6-4-7-11-19/h4-13H,14-15H2,1-3H3,(H,24,30). The van der Waals surface area contributed by atoms with E-state index in [4.69, 9.17) is 0 Å². The Morgan fingerprint density at radius 2 is 1.58 bits per heavy atom. The number of carbonyl (C=O) groups is 1. The number of rotatable bonds is 7. The Morgan fingerprint density at radius 1 is 0.935 bits per heavy atom. The van der Waals surface area contributed by atoms with E-state index in [2.05, 4.69) is 20.6 Å². The van der Waals surface area contributed by atoms with Crippen LogP contribution in [0.4, 0.5) is 0 Å². The first-order chi connectivity index (χ1) is 15.0. The van der Waals surface area contributed by atoms with Crippen molar-refractivity contribution in [3.8, 4) is 11.4 Å². The molecule has 0 fully saturated rings. The molecule has 0 radical (unpaired) electrons. The molecule has 4 aromatic rings. The number of carbonyl (C=O) groups excluding carboxylic acids is 1. The number of nitrogens with zero attached hydrogens (tertiary/aromatic N) is 5. The largest absolute Gasteiger partial charge is 0.351 e. The molecule has 158 valence electrons. The Bertz CT molecular complexity index is 1180. The Hall–Kier alpha value is -3.39. The van der Waals surface area contributed by atoms with Crippen molar-refractivity contribution in [3.63, 3.8) is 0 Å². The summed E-state index contributed by atoms with van der Waals surface area (Å²) in [5, 5.41) is 16.7. The van der Waals surface area contributed by atoms with Crippen molar-refractivity contribution in [2.24, 2.45) is 0 Å². The lowest BCUT2D eigenvalue weighted by Crippen LogP contribution is -2.25. The zero-order valence-corrected chi connectivity index (χ0v) is 18.6. The molecule has 2 heterocycles. The van der Waals surface area contributed by atoms with Crippen LogP contribution in [0.5, 0.6) is 0 Å². The molecular formula is C23H24N6OS. The number of amides is 1. The fourth-order valence-corrected chi connectivity index (χ4v) is 4.26. The van der Waals surface area contributed by atoms with Crippen molar-refractivity contribution in [2.75, 3.05) is 5.75 Å². The van der Waals surface area contributed by atoms with Crippen LogP contribution in [0.3, 0.4) is 0 Å². The smallest absolute Gasteiger partial charge is 0.230 e. The van der Waals surface area contributed by atoms with Crippen molar-refractivity contribution < 1.29 is 4.79 Å². The van der Waals surface area contributed by atoms with Gasteiger partial charge in [0.05, 0.1) is 17.1 Å². The van der Waals surface area contributed by atoms with Crippen molar-refractivity contribution in [3.05, 3.63) is 83.4 Å². The Morgan fingerprint density at radius 3 is 2.26 bits per heavy atom. The van der Waals surface area contributed by atoms with E-state index in [1.54, 1.807) is 0 Å². The third-order valence-corrected chi connectivity index (χ3v) is 5.98. The van der Waals surface area contributed by atoms with Gasteiger partial charge in [0.15, 0.2) is 5.16 Å². The highest BCUT2D eigenvalue weighted by atomic mass is 32.2. The maximum Gasteiger partial charge on any atom is 0.230 e. The minimum absolute atomic E-state index is 0.0588. The number of hydrogen-bond donors (Lipinski definition) is 1. The lowest BCUT2D eigenvalue weighted by atomic mass is 10.2. The number of hydrogen-bond acceptors (Lipinski definition) is 5. The minimum atomic E-state index is -0.0588. The summed E-state index contributed by atoms with van der Waals surface area (Å²) in [5.74, 6) is 0.987. The molecule has 2 aromatic heterocycles. The van der Waals surface area contributed by atoms with E-state index >= 15 is 0 Å². The van der Waals surface area contributed by atoms with E-state index < -0.39 is 0 Å². The molecule has 0 bridgehead atoms. The van der Waals surface area contributed by atoms with Gasteiger partial charge in [0.25, 0.3) is 0 Å². The fraction of sp³-hybridized carbons (Fsp3) is 0.217. The Labute approximate surface area is 185 Å². The van der Waals surface area contributed by atoms with E-state index in [-0.39, 0.29) is 11.7 Å². The molecule has 7 nitrogen and oxygen atoms in total. The summed E-state index contributed by atoms with van der Waals surface area (Å²) in [6.07, 6.45) is 0. The second-order valence-electron chi connectivity index (χ2n) is 7.16. The summed E-state index contributed by atoms with van der Waals surface area (Å²) < 4.78 is 3.87. The highest BCUT2D eigenvalue weighted by molar-refractivity contribution is 7.99. The summed E-state index contributed by atoms with van der Waals surface area (Å²) >= 11 is 1.37. The third kappa shape index (κ3) is 4.54. The van der Waals surface area contributed by atoms with Crippen LogP contribution >= 0.6 is 11.8 Å². The van der Waals surface area contributed by atoms with Crippen LogP contribution in [0.1, 0.15) is 22.8 Å². The topological polar surface area (TPSA) is 77.6 Å². The summed E-state index contributed by atoms with van der Waals surface area (Å²) in [5.41, 5.74) is 4.95. The number of para-hydroxylation sites is 2. The molecule has 8 heteroatoms. The van der Waals surface area contributed by atoms with Crippen LogP contribution in [0.15, 0.2) is 65.8 Å². The zero-order chi connectivity index (χ0) is 21.8. The van der Waals surface area contributed by atoms with Crippen LogP contribution < -0.4 is 5.32 Å². The number of aromatic nitrogens is 5. The predicted octanol–water partition coefficient (Wildman–Crippen LogP) is 3.79. The second kappa shape index (κ2) is 9.18. The highest BCUT2D eigenvalue weighted by Crippen LogP contribution is 2.22. The van der Waals surface area contributed by atoms with E-state index in [0.29, 0.717) is 11.7 Å². The monoisotopic (exact) mass is 432 g/mol. The highest BCUT2D eigenvalue weighted by Gasteiger charge is 2.16. The van der Waals surface area contributed by atoms with E-state index in [1.165, 1.54) is 11.8 Å². The van der Waals surface area contributed by atoms with Crippen LogP contribution in [0.2, 0.25) is 0 Å². The molecule has 0 spiro atoms. The number of aryl methyl sites for hydroxylation is 2. The maximum atomic E-state index is 12.5. The molecule has 0 saturated carbocycles.